The Morgan fingerprint density at radius 1 is 1.24 bits per heavy atom. The molecule has 0 aliphatic carbocycles. The molecule has 0 amide bonds. The molecular formula is C15H17N3O3. The van der Waals surface area contributed by atoms with E-state index >= 15 is 0 Å². The zero-order chi connectivity index (χ0) is 15.2. The van der Waals surface area contributed by atoms with E-state index in [1.807, 2.05) is 30.3 Å². The molecule has 0 aliphatic heterocycles. The minimum Gasteiger partial charge on any atom is -0.492 e. The SMILES string of the molecule is Cc1nnc(NCCOc2ccccc2)c(C(=O)O)c1C. The first-order chi connectivity index (χ1) is 10.1. The van der Waals surface area contributed by atoms with E-state index in [0.717, 1.165) is 5.75 Å². The van der Waals surface area contributed by atoms with Gasteiger partial charge in [-0.15, -0.1) is 5.10 Å². The number of ether oxygens (including phenoxy) is 1. The Morgan fingerprint density at radius 2 is 1.95 bits per heavy atom. The maximum absolute atomic E-state index is 11.3. The number of aromatic nitrogens is 2. The summed E-state index contributed by atoms with van der Waals surface area (Å²) < 4.78 is 5.52. The topological polar surface area (TPSA) is 84.3 Å². The predicted octanol–water partition coefficient (Wildman–Crippen LogP) is 2.28. The molecule has 0 atom stereocenters. The Kier molecular flexibility index (Phi) is 4.71. The van der Waals surface area contributed by atoms with Gasteiger partial charge in [-0.25, -0.2) is 4.79 Å². The van der Waals surface area contributed by atoms with Gasteiger partial charge < -0.3 is 15.2 Å². The summed E-state index contributed by atoms with van der Waals surface area (Å²) >= 11 is 0. The van der Waals surface area contributed by atoms with E-state index in [9.17, 15) is 9.90 Å². The molecule has 2 aromatic rings. The molecule has 6 nitrogen and oxygen atoms in total. The summed E-state index contributed by atoms with van der Waals surface area (Å²) in [6, 6.07) is 9.41. The minimum absolute atomic E-state index is 0.155. The lowest BCUT2D eigenvalue weighted by Crippen LogP contribution is -2.17. The van der Waals surface area contributed by atoms with Crippen LogP contribution < -0.4 is 10.1 Å². The fourth-order valence-electron chi connectivity index (χ4n) is 1.85. The smallest absolute Gasteiger partial charge is 0.339 e. The Balaban J connectivity index is 1.97. The molecule has 0 spiro atoms. The maximum atomic E-state index is 11.3. The number of hydrogen-bond donors (Lipinski definition) is 2. The van der Waals surface area contributed by atoms with Crippen molar-refractivity contribution in [2.45, 2.75) is 13.8 Å². The summed E-state index contributed by atoms with van der Waals surface area (Å²) in [7, 11) is 0. The largest absolute Gasteiger partial charge is 0.492 e. The van der Waals surface area contributed by atoms with Gasteiger partial charge in [-0.1, -0.05) is 18.2 Å². The molecular weight excluding hydrogens is 270 g/mol. The van der Waals surface area contributed by atoms with Gasteiger partial charge in [0.15, 0.2) is 5.82 Å². The third kappa shape index (κ3) is 3.68. The monoisotopic (exact) mass is 287 g/mol. The van der Waals surface area contributed by atoms with Crippen molar-refractivity contribution in [2.75, 3.05) is 18.5 Å². The van der Waals surface area contributed by atoms with Gasteiger partial charge in [0.25, 0.3) is 0 Å². The molecule has 6 heteroatoms. The van der Waals surface area contributed by atoms with E-state index in [0.29, 0.717) is 24.4 Å². The Labute approximate surface area is 122 Å². The number of hydrogen-bond acceptors (Lipinski definition) is 5. The maximum Gasteiger partial charge on any atom is 0.339 e. The van der Waals surface area contributed by atoms with Gasteiger partial charge in [0.05, 0.1) is 12.2 Å². The average molecular weight is 287 g/mol. The second-order valence-corrected chi connectivity index (χ2v) is 4.53. The molecule has 0 unspecified atom stereocenters. The molecule has 2 rings (SSSR count). The molecule has 0 saturated carbocycles. The van der Waals surface area contributed by atoms with Crippen LogP contribution in [0.4, 0.5) is 5.82 Å². The molecule has 1 heterocycles. The third-order valence-corrected chi connectivity index (χ3v) is 3.07. The Morgan fingerprint density at radius 3 is 2.62 bits per heavy atom. The highest BCUT2D eigenvalue weighted by Gasteiger charge is 2.17. The van der Waals surface area contributed by atoms with Crippen molar-refractivity contribution in [2.24, 2.45) is 0 Å². The van der Waals surface area contributed by atoms with Crippen LogP contribution in [0, 0.1) is 13.8 Å². The van der Waals surface area contributed by atoms with E-state index in [1.165, 1.54) is 0 Å². The molecule has 21 heavy (non-hydrogen) atoms. The van der Waals surface area contributed by atoms with Crippen molar-refractivity contribution in [3.05, 3.63) is 47.2 Å². The third-order valence-electron chi connectivity index (χ3n) is 3.07. The fraction of sp³-hybridized carbons (Fsp3) is 0.267. The number of rotatable bonds is 6. The number of benzene rings is 1. The van der Waals surface area contributed by atoms with Crippen LogP contribution >= 0.6 is 0 Å². The van der Waals surface area contributed by atoms with Crippen molar-refractivity contribution in [1.29, 1.82) is 0 Å². The second-order valence-electron chi connectivity index (χ2n) is 4.53. The van der Waals surface area contributed by atoms with Crippen molar-refractivity contribution in [1.82, 2.24) is 10.2 Å². The van der Waals surface area contributed by atoms with E-state index in [-0.39, 0.29) is 11.4 Å². The lowest BCUT2D eigenvalue weighted by molar-refractivity contribution is 0.0696. The van der Waals surface area contributed by atoms with Crippen LogP contribution in [0.25, 0.3) is 0 Å². The number of aryl methyl sites for hydroxylation is 1. The van der Waals surface area contributed by atoms with E-state index in [4.69, 9.17) is 4.74 Å². The predicted molar refractivity (Wildman–Crippen MR) is 78.9 cm³/mol. The van der Waals surface area contributed by atoms with Crippen LogP contribution in [0.5, 0.6) is 5.75 Å². The molecule has 0 radical (unpaired) electrons. The van der Waals surface area contributed by atoms with Gasteiger partial charge in [0.1, 0.15) is 17.9 Å². The second kappa shape index (κ2) is 6.69. The van der Waals surface area contributed by atoms with Crippen LogP contribution in [0.1, 0.15) is 21.6 Å². The van der Waals surface area contributed by atoms with Crippen LogP contribution in [0.2, 0.25) is 0 Å². The lowest BCUT2D eigenvalue weighted by atomic mass is 10.1. The lowest BCUT2D eigenvalue weighted by Gasteiger charge is -2.11. The van der Waals surface area contributed by atoms with E-state index in [1.54, 1.807) is 13.8 Å². The fourth-order valence-corrected chi connectivity index (χ4v) is 1.85. The molecule has 0 saturated heterocycles. The minimum atomic E-state index is -1.02. The van der Waals surface area contributed by atoms with E-state index < -0.39 is 5.97 Å². The van der Waals surface area contributed by atoms with Gasteiger partial charge in [-0.2, -0.15) is 5.10 Å². The number of carboxylic acids is 1. The van der Waals surface area contributed by atoms with Crippen LogP contribution in [-0.4, -0.2) is 34.4 Å². The number of carbonyl (C=O) groups is 1. The number of nitrogens with zero attached hydrogens (tertiary/aromatic N) is 2. The first-order valence-electron chi connectivity index (χ1n) is 6.58. The first kappa shape index (κ1) is 14.8. The molecule has 0 fully saturated rings. The van der Waals surface area contributed by atoms with Crippen molar-refractivity contribution >= 4 is 11.8 Å². The summed E-state index contributed by atoms with van der Waals surface area (Å²) in [6.45, 7) is 4.29. The van der Waals surface area contributed by atoms with Crippen LogP contribution in [-0.2, 0) is 0 Å². The summed E-state index contributed by atoms with van der Waals surface area (Å²) in [5.41, 5.74) is 1.38. The number of para-hydroxylation sites is 1. The van der Waals surface area contributed by atoms with Crippen molar-refractivity contribution < 1.29 is 14.6 Å². The van der Waals surface area contributed by atoms with Gasteiger partial charge in [-0.05, 0) is 31.5 Å². The molecule has 1 aromatic carbocycles. The van der Waals surface area contributed by atoms with Gasteiger partial charge in [0.2, 0.25) is 0 Å². The molecule has 2 N–H and O–H groups in total. The quantitative estimate of drug-likeness (QED) is 0.793. The summed E-state index contributed by atoms with van der Waals surface area (Å²) in [6.07, 6.45) is 0. The molecule has 110 valence electrons. The number of carboxylic acid groups (broad SMARTS) is 1. The molecule has 0 bridgehead atoms. The van der Waals surface area contributed by atoms with Crippen molar-refractivity contribution in [3.8, 4) is 5.75 Å². The Hall–Kier alpha value is -2.63. The number of nitrogens with one attached hydrogen (secondary N) is 1. The number of aromatic carboxylic acids is 1. The van der Waals surface area contributed by atoms with E-state index in [2.05, 4.69) is 15.5 Å². The highest BCUT2D eigenvalue weighted by molar-refractivity contribution is 5.94. The summed E-state index contributed by atoms with van der Waals surface area (Å²) in [4.78, 5) is 11.3. The zero-order valence-corrected chi connectivity index (χ0v) is 12.0. The molecule has 0 aliphatic rings. The van der Waals surface area contributed by atoms with Crippen molar-refractivity contribution in [3.63, 3.8) is 0 Å². The van der Waals surface area contributed by atoms with Crippen LogP contribution in [0.3, 0.4) is 0 Å². The highest BCUT2D eigenvalue weighted by atomic mass is 16.5. The zero-order valence-electron chi connectivity index (χ0n) is 12.0. The highest BCUT2D eigenvalue weighted by Crippen LogP contribution is 2.18. The van der Waals surface area contributed by atoms with Gasteiger partial charge in [0, 0.05) is 0 Å². The standard InChI is InChI=1S/C15H17N3O3/c1-10-11(2)17-18-14(13(10)15(19)20)16-8-9-21-12-6-4-3-5-7-12/h3-7H,8-9H2,1-2H3,(H,16,18)(H,19,20). The molecule has 1 aromatic heterocycles. The summed E-state index contributed by atoms with van der Waals surface area (Å²) in [5, 5.41) is 20.1. The summed E-state index contributed by atoms with van der Waals surface area (Å²) in [5.74, 6) is 0.0168. The Bertz CT molecular complexity index is 630. The number of anilines is 1. The van der Waals surface area contributed by atoms with Crippen LogP contribution in [0.15, 0.2) is 30.3 Å². The van der Waals surface area contributed by atoms with Gasteiger partial charge >= 0.3 is 5.97 Å². The normalized spacial score (nSPS) is 10.2. The first-order valence-corrected chi connectivity index (χ1v) is 6.58. The van der Waals surface area contributed by atoms with Gasteiger partial charge in [-0.3, -0.25) is 0 Å². The average Bonchev–Trinajstić information content (AvgIpc) is 2.48.